The Balaban J connectivity index is 0.964. The largest absolute Gasteiger partial charge is 0.278 e. The van der Waals surface area contributed by atoms with Crippen molar-refractivity contribution in [1.29, 1.82) is 0 Å². The highest BCUT2D eigenvalue weighted by Crippen LogP contribution is 2.56. The van der Waals surface area contributed by atoms with E-state index in [1.54, 1.807) is 0 Å². The van der Waals surface area contributed by atoms with E-state index in [9.17, 15) is 0 Å². The monoisotopic (exact) mass is 805 g/mol. The average molecular weight is 806 g/mol. The van der Waals surface area contributed by atoms with Gasteiger partial charge in [0.2, 0.25) is 5.95 Å². The normalized spacial score (nSPS) is 14.7. The van der Waals surface area contributed by atoms with Crippen LogP contribution >= 0.6 is 0 Å². The van der Waals surface area contributed by atoms with E-state index in [-0.39, 0.29) is 11.8 Å². The highest BCUT2D eigenvalue weighted by Gasteiger charge is 2.41. The van der Waals surface area contributed by atoms with Crippen molar-refractivity contribution in [2.24, 2.45) is 0 Å². The van der Waals surface area contributed by atoms with Crippen LogP contribution in [-0.4, -0.2) is 34.5 Å². The van der Waals surface area contributed by atoms with Crippen molar-refractivity contribution in [3.8, 4) is 62.9 Å². The van der Waals surface area contributed by atoms with Gasteiger partial charge in [0, 0.05) is 50.4 Å². The number of hydrogen-bond donors (Lipinski definition) is 0. The summed E-state index contributed by atoms with van der Waals surface area (Å²) in [4.78, 5) is 30.8. The maximum Gasteiger partial charge on any atom is 0.238 e. The molecule has 63 heavy (non-hydrogen) atoms. The van der Waals surface area contributed by atoms with Crippen LogP contribution in [0, 0.1) is 0 Å². The molecule has 0 saturated carbocycles. The van der Waals surface area contributed by atoms with Crippen molar-refractivity contribution in [3.63, 3.8) is 0 Å². The van der Waals surface area contributed by atoms with Crippen LogP contribution in [0.2, 0.25) is 0 Å². The van der Waals surface area contributed by atoms with E-state index in [2.05, 4.69) is 126 Å². The van der Waals surface area contributed by atoms with Crippen molar-refractivity contribution >= 4 is 21.8 Å². The fourth-order valence-corrected chi connectivity index (χ4v) is 9.88. The van der Waals surface area contributed by atoms with E-state index in [0.29, 0.717) is 35.1 Å². The summed E-state index contributed by atoms with van der Waals surface area (Å²) in [6.07, 6.45) is 0. The number of rotatable bonds is 6. The second-order valence-corrected chi connectivity index (χ2v) is 16.2. The molecule has 0 amide bonds. The van der Waals surface area contributed by atoms with Crippen LogP contribution in [0.5, 0.6) is 0 Å². The van der Waals surface area contributed by atoms with E-state index >= 15 is 0 Å². The predicted octanol–water partition coefficient (Wildman–Crippen LogP) is 12.5. The molecule has 0 fully saturated rings. The van der Waals surface area contributed by atoms with E-state index < -0.39 is 0 Å². The summed E-state index contributed by atoms with van der Waals surface area (Å²) in [5.74, 6) is 3.85. The molecule has 3 aromatic heterocycles. The summed E-state index contributed by atoms with van der Waals surface area (Å²) >= 11 is 0. The first-order chi connectivity index (χ1) is 31.2. The van der Waals surface area contributed by atoms with Gasteiger partial charge in [-0.25, -0.2) is 19.9 Å². The van der Waals surface area contributed by atoms with Gasteiger partial charge in [0.1, 0.15) is 0 Å². The Morgan fingerprint density at radius 2 is 0.603 bits per heavy atom. The van der Waals surface area contributed by atoms with Gasteiger partial charge in [-0.15, -0.1) is 0 Å². The summed E-state index contributed by atoms with van der Waals surface area (Å²) in [6, 6.07) is 69.9. The molecule has 0 aliphatic heterocycles. The second-order valence-electron chi connectivity index (χ2n) is 16.2. The van der Waals surface area contributed by atoms with E-state index in [4.69, 9.17) is 29.9 Å². The molecule has 2 atom stereocenters. The zero-order valence-corrected chi connectivity index (χ0v) is 33.8. The van der Waals surface area contributed by atoms with Crippen molar-refractivity contribution in [3.05, 3.63) is 234 Å². The Hall–Kier alpha value is -8.42. The van der Waals surface area contributed by atoms with Crippen LogP contribution in [0.4, 0.5) is 0 Å². The standard InChI is InChI=1S/C56H35N7/c1-4-16-34(17-5-1)51-57-52(35-18-6-2-7-19-35)59-54(58-51)37-28-30-43-45(32-37)49-41-24-10-11-25-42(41)50(43)46-33-38(29-31-44(46)49)55-60-53(36-20-8-3-9-21-36)61-56(62-55)63-47-26-14-12-22-39(47)40-23-13-15-27-48(40)63/h1-33,49-50H. The molecule has 8 aromatic carbocycles. The lowest BCUT2D eigenvalue weighted by Crippen LogP contribution is -2.27. The summed E-state index contributed by atoms with van der Waals surface area (Å²) in [7, 11) is 0. The SMILES string of the molecule is c1ccc(-c2nc(-c3ccccc3)nc(-c3ccc4c(c3)C3c5ccccc5C4c4cc(-c5nc(-c6ccccc6)nc(-n6c7ccccc7c7ccccc76)n5)ccc43)n2)cc1. The smallest absolute Gasteiger partial charge is 0.238 e. The van der Waals surface area contributed by atoms with Gasteiger partial charge in [0.05, 0.1) is 11.0 Å². The quantitative estimate of drug-likeness (QED) is 0.166. The lowest BCUT2D eigenvalue weighted by molar-refractivity contribution is 0.754. The van der Waals surface area contributed by atoms with Gasteiger partial charge in [-0.3, -0.25) is 4.57 Å². The number of benzene rings is 8. The van der Waals surface area contributed by atoms with E-state index in [1.807, 2.05) is 78.9 Å². The molecule has 3 aliphatic carbocycles. The lowest BCUT2D eigenvalue weighted by atomic mass is 9.61. The number of para-hydroxylation sites is 2. The molecular formula is C56H35N7. The molecule has 0 saturated heterocycles. The molecule has 3 aliphatic rings. The zero-order chi connectivity index (χ0) is 41.4. The molecule has 2 bridgehead atoms. The summed E-state index contributed by atoms with van der Waals surface area (Å²) in [5.41, 5.74) is 14.6. The molecule has 7 nitrogen and oxygen atoms in total. The number of aromatic nitrogens is 7. The highest BCUT2D eigenvalue weighted by atomic mass is 15.2. The number of hydrogen-bond acceptors (Lipinski definition) is 6. The second kappa shape index (κ2) is 14.1. The molecule has 0 radical (unpaired) electrons. The highest BCUT2D eigenvalue weighted by molar-refractivity contribution is 6.09. The molecule has 7 heteroatoms. The Morgan fingerprint density at radius 1 is 0.270 bits per heavy atom. The first kappa shape index (κ1) is 35.3. The van der Waals surface area contributed by atoms with E-state index in [0.717, 1.165) is 49.6 Å². The van der Waals surface area contributed by atoms with Crippen molar-refractivity contribution in [1.82, 2.24) is 34.5 Å². The molecular weight excluding hydrogens is 771 g/mol. The molecule has 3 heterocycles. The third-order valence-corrected chi connectivity index (χ3v) is 12.7. The summed E-state index contributed by atoms with van der Waals surface area (Å²) in [6.45, 7) is 0. The van der Waals surface area contributed by atoms with Crippen molar-refractivity contribution < 1.29 is 0 Å². The fourth-order valence-electron chi connectivity index (χ4n) is 9.88. The van der Waals surface area contributed by atoms with Crippen molar-refractivity contribution in [2.45, 2.75) is 11.8 Å². The molecule has 14 rings (SSSR count). The third-order valence-electron chi connectivity index (χ3n) is 12.7. The Kier molecular flexibility index (Phi) is 7.90. The zero-order valence-electron chi connectivity index (χ0n) is 33.8. The summed E-state index contributed by atoms with van der Waals surface area (Å²) < 4.78 is 2.17. The van der Waals surface area contributed by atoms with Gasteiger partial charge in [-0.05, 0) is 57.6 Å². The number of nitrogens with zero attached hydrogens (tertiary/aromatic N) is 7. The molecule has 2 unspecified atom stereocenters. The Labute approximate surface area is 363 Å². The van der Waals surface area contributed by atoms with Gasteiger partial charge in [-0.2, -0.15) is 9.97 Å². The van der Waals surface area contributed by atoms with Crippen LogP contribution < -0.4 is 0 Å². The molecule has 294 valence electrons. The van der Waals surface area contributed by atoms with E-state index in [1.165, 1.54) is 33.4 Å². The number of fused-ring (bicyclic) bond motifs is 3. The maximum atomic E-state index is 5.30. The van der Waals surface area contributed by atoms with Crippen LogP contribution in [0.25, 0.3) is 84.7 Å². The van der Waals surface area contributed by atoms with Crippen LogP contribution in [0.15, 0.2) is 200 Å². The van der Waals surface area contributed by atoms with Gasteiger partial charge in [0.15, 0.2) is 29.1 Å². The lowest BCUT2D eigenvalue weighted by Gasteiger charge is -2.42. The minimum absolute atomic E-state index is 0.0237. The molecule has 11 aromatic rings. The minimum atomic E-state index is 0.0237. The van der Waals surface area contributed by atoms with Crippen LogP contribution in [-0.2, 0) is 0 Å². The van der Waals surface area contributed by atoms with Gasteiger partial charge < -0.3 is 0 Å². The summed E-state index contributed by atoms with van der Waals surface area (Å²) in [5, 5.41) is 2.32. The Morgan fingerprint density at radius 3 is 1.05 bits per heavy atom. The predicted molar refractivity (Wildman–Crippen MR) is 250 cm³/mol. The third kappa shape index (κ3) is 5.67. The van der Waals surface area contributed by atoms with Gasteiger partial charge in [0.25, 0.3) is 0 Å². The fraction of sp³-hybridized carbons (Fsp3) is 0.0357. The first-order valence-corrected chi connectivity index (χ1v) is 21.3. The average Bonchev–Trinajstić information content (AvgIpc) is 3.71. The molecule has 0 spiro atoms. The maximum absolute atomic E-state index is 5.30. The topological polar surface area (TPSA) is 82.3 Å². The van der Waals surface area contributed by atoms with Gasteiger partial charge >= 0.3 is 0 Å². The van der Waals surface area contributed by atoms with Crippen LogP contribution in [0.1, 0.15) is 45.2 Å². The Bertz CT molecular complexity index is 3470. The molecule has 0 N–H and O–H groups in total. The first-order valence-electron chi connectivity index (χ1n) is 21.3. The van der Waals surface area contributed by atoms with Crippen LogP contribution in [0.3, 0.4) is 0 Å². The van der Waals surface area contributed by atoms with Gasteiger partial charge in [-0.1, -0.05) is 176 Å². The minimum Gasteiger partial charge on any atom is -0.278 e. The van der Waals surface area contributed by atoms with Crippen molar-refractivity contribution in [2.75, 3.05) is 0 Å².